The van der Waals surface area contributed by atoms with Crippen LogP contribution in [0.2, 0.25) is 0 Å². The van der Waals surface area contributed by atoms with Crippen LogP contribution in [-0.4, -0.2) is 22.4 Å². The molecule has 4 rings (SSSR count). The number of aromatic nitrogens is 2. The maximum Gasteiger partial charge on any atom is 0.254 e. The molecular weight excluding hydrogens is 420 g/mol. The van der Waals surface area contributed by atoms with Crippen LogP contribution in [0.25, 0.3) is 22.5 Å². The largest absolute Gasteiger partial charge is 0.357 e. The van der Waals surface area contributed by atoms with Crippen molar-refractivity contribution in [2.24, 2.45) is 0 Å². The minimum atomic E-state index is -0.304. The average molecular weight is 433 g/mol. The van der Waals surface area contributed by atoms with Gasteiger partial charge in [0.2, 0.25) is 0 Å². The highest BCUT2D eigenvalue weighted by Crippen LogP contribution is 2.33. The number of hydrogen-bond acceptors (Lipinski definition) is 2. The van der Waals surface area contributed by atoms with Crippen LogP contribution in [0.3, 0.4) is 0 Å². The van der Waals surface area contributed by atoms with Gasteiger partial charge in [-0.25, -0.2) is 4.39 Å². The van der Waals surface area contributed by atoms with Crippen molar-refractivity contribution in [3.05, 3.63) is 63.2 Å². The first kappa shape index (κ1) is 15.3. The summed E-state index contributed by atoms with van der Waals surface area (Å²) >= 11 is 2.18. The van der Waals surface area contributed by atoms with Gasteiger partial charge >= 0.3 is 0 Å². The summed E-state index contributed by atoms with van der Waals surface area (Å²) < 4.78 is 14.9. The minimum Gasteiger partial charge on any atom is -0.357 e. The third-order valence-electron chi connectivity index (χ3n) is 4.10. The Morgan fingerprint density at radius 3 is 2.83 bits per heavy atom. The zero-order valence-corrected chi connectivity index (χ0v) is 14.7. The number of fused-ring (bicyclic) bond motifs is 1. The molecule has 24 heavy (non-hydrogen) atoms. The number of halogens is 2. The number of aromatic amines is 1. The Hall–Kier alpha value is -2.22. The normalized spacial score (nSPS) is 13.5. The lowest BCUT2D eigenvalue weighted by molar-refractivity contribution is 0.0945. The number of nitrogens with one attached hydrogen (secondary N) is 2. The van der Waals surface area contributed by atoms with E-state index in [4.69, 9.17) is 0 Å². The van der Waals surface area contributed by atoms with Gasteiger partial charge in [-0.15, -0.1) is 0 Å². The van der Waals surface area contributed by atoms with Crippen molar-refractivity contribution in [1.82, 2.24) is 15.3 Å². The van der Waals surface area contributed by atoms with Gasteiger partial charge in [0, 0.05) is 36.0 Å². The molecule has 0 fully saturated rings. The van der Waals surface area contributed by atoms with E-state index in [1.807, 2.05) is 12.1 Å². The lowest BCUT2D eigenvalue weighted by Gasteiger charge is -2.11. The zero-order valence-electron chi connectivity index (χ0n) is 12.6. The van der Waals surface area contributed by atoms with Gasteiger partial charge < -0.3 is 10.3 Å². The first-order chi connectivity index (χ1) is 11.6. The Kier molecular flexibility index (Phi) is 3.84. The number of rotatable bonds is 2. The summed E-state index contributed by atoms with van der Waals surface area (Å²) in [5, 5.41) is 2.86. The standard InChI is InChI=1S/C18H13FIN3O/c19-12-4-2-1-3-11(12)14-9-10(5-7-21-14)17-16(20)15-13(23-17)6-8-22-18(15)24/h1-5,7,9,23H,6,8H2,(H,22,24). The predicted octanol–water partition coefficient (Wildman–Crippen LogP) is 3.77. The highest BCUT2D eigenvalue weighted by Gasteiger charge is 2.25. The molecule has 0 atom stereocenters. The van der Waals surface area contributed by atoms with E-state index in [1.165, 1.54) is 6.07 Å². The fourth-order valence-electron chi connectivity index (χ4n) is 2.94. The zero-order chi connectivity index (χ0) is 16.7. The summed E-state index contributed by atoms with van der Waals surface area (Å²) in [7, 11) is 0. The summed E-state index contributed by atoms with van der Waals surface area (Å²) in [5.41, 5.74) is 4.44. The molecule has 4 nitrogen and oxygen atoms in total. The second-order valence-electron chi connectivity index (χ2n) is 5.58. The van der Waals surface area contributed by atoms with Crippen molar-refractivity contribution in [3.8, 4) is 22.5 Å². The second kappa shape index (κ2) is 6.01. The van der Waals surface area contributed by atoms with Crippen molar-refractivity contribution in [3.63, 3.8) is 0 Å². The summed E-state index contributed by atoms with van der Waals surface area (Å²) in [6, 6.07) is 10.3. The molecule has 1 aliphatic heterocycles. The number of nitrogens with zero attached hydrogens (tertiary/aromatic N) is 1. The van der Waals surface area contributed by atoms with Gasteiger partial charge in [-0.2, -0.15) is 0 Å². The predicted molar refractivity (Wildman–Crippen MR) is 98.2 cm³/mol. The molecule has 2 N–H and O–H groups in total. The maximum atomic E-state index is 14.0. The number of carbonyl (C=O) groups excluding carboxylic acids is 1. The fourth-order valence-corrected chi connectivity index (χ4v) is 3.96. The van der Waals surface area contributed by atoms with E-state index in [0.29, 0.717) is 23.4 Å². The molecule has 6 heteroatoms. The Balaban J connectivity index is 1.83. The SMILES string of the molecule is O=C1NCCc2[nH]c(-c3ccnc(-c4ccccc4F)c3)c(I)c21. The van der Waals surface area contributed by atoms with Crippen molar-refractivity contribution < 1.29 is 9.18 Å². The smallest absolute Gasteiger partial charge is 0.254 e. The number of benzene rings is 1. The number of pyridine rings is 1. The average Bonchev–Trinajstić information content (AvgIpc) is 2.94. The molecule has 0 unspecified atom stereocenters. The van der Waals surface area contributed by atoms with Crippen LogP contribution in [-0.2, 0) is 6.42 Å². The Morgan fingerprint density at radius 2 is 2.04 bits per heavy atom. The van der Waals surface area contributed by atoms with Crippen molar-refractivity contribution in [2.45, 2.75) is 6.42 Å². The minimum absolute atomic E-state index is 0.0495. The van der Waals surface area contributed by atoms with Crippen molar-refractivity contribution in [2.75, 3.05) is 6.54 Å². The van der Waals surface area contributed by atoms with Gasteiger partial charge in [-0.05, 0) is 46.9 Å². The third kappa shape index (κ3) is 2.50. The number of hydrogen-bond donors (Lipinski definition) is 2. The van der Waals surface area contributed by atoms with Crippen LogP contribution in [0.5, 0.6) is 0 Å². The second-order valence-corrected chi connectivity index (χ2v) is 6.66. The van der Waals surface area contributed by atoms with E-state index in [2.05, 4.69) is 37.9 Å². The summed E-state index contributed by atoms with van der Waals surface area (Å²) in [6.45, 7) is 0.638. The van der Waals surface area contributed by atoms with E-state index in [0.717, 1.165) is 26.9 Å². The molecule has 2 aromatic heterocycles. The highest BCUT2D eigenvalue weighted by molar-refractivity contribution is 14.1. The molecule has 0 bridgehead atoms. The van der Waals surface area contributed by atoms with Gasteiger partial charge in [-0.3, -0.25) is 9.78 Å². The quantitative estimate of drug-likeness (QED) is 0.605. The van der Waals surface area contributed by atoms with E-state index in [1.54, 1.807) is 24.4 Å². The van der Waals surface area contributed by atoms with Crippen LogP contribution in [0.1, 0.15) is 16.1 Å². The third-order valence-corrected chi connectivity index (χ3v) is 5.18. The monoisotopic (exact) mass is 433 g/mol. The van der Waals surface area contributed by atoms with Crippen LogP contribution in [0.4, 0.5) is 4.39 Å². The van der Waals surface area contributed by atoms with Gasteiger partial charge in [0.05, 0.1) is 20.5 Å². The van der Waals surface area contributed by atoms with Crippen LogP contribution < -0.4 is 5.32 Å². The lowest BCUT2D eigenvalue weighted by Crippen LogP contribution is -2.31. The van der Waals surface area contributed by atoms with E-state index < -0.39 is 0 Å². The first-order valence-corrected chi connectivity index (χ1v) is 8.63. The molecule has 3 aromatic rings. The summed E-state index contributed by atoms with van der Waals surface area (Å²) in [5.74, 6) is -0.353. The molecule has 0 aliphatic carbocycles. The van der Waals surface area contributed by atoms with Crippen LogP contribution >= 0.6 is 22.6 Å². The van der Waals surface area contributed by atoms with Gasteiger partial charge in [0.1, 0.15) is 5.82 Å². The lowest BCUT2D eigenvalue weighted by atomic mass is 10.1. The van der Waals surface area contributed by atoms with Crippen molar-refractivity contribution >= 4 is 28.5 Å². The van der Waals surface area contributed by atoms with Crippen LogP contribution in [0, 0.1) is 9.39 Å². The molecular formula is C18H13FIN3O. The Morgan fingerprint density at radius 1 is 1.21 bits per heavy atom. The molecule has 120 valence electrons. The Labute approximate surface area is 151 Å². The molecule has 3 heterocycles. The van der Waals surface area contributed by atoms with Gasteiger partial charge in [-0.1, -0.05) is 12.1 Å². The van der Waals surface area contributed by atoms with E-state index in [-0.39, 0.29) is 11.7 Å². The number of amides is 1. The first-order valence-electron chi connectivity index (χ1n) is 7.55. The molecule has 1 aromatic carbocycles. The number of H-pyrrole nitrogens is 1. The maximum absolute atomic E-state index is 14.0. The Bertz CT molecular complexity index is 951. The molecule has 0 radical (unpaired) electrons. The van der Waals surface area contributed by atoms with Crippen LogP contribution in [0.15, 0.2) is 42.6 Å². The fraction of sp³-hybridized carbons (Fsp3) is 0.111. The van der Waals surface area contributed by atoms with Gasteiger partial charge in [0.25, 0.3) is 5.91 Å². The molecule has 0 spiro atoms. The molecule has 0 saturated carbocycles. The summed E-state index contributed by atoms with van der Waals surface area (Å²) in [4.78, 5) is 19.7. The molecule has 1 amide bonds. The van der Waals surface area contributed by atoms with Crippen molar-refractivity contribution in [1.29, 1.82) is 0 Å². The van der Waals surface area contributed by atoms with Gasteiger partial charge in [0.15, 0.2) is 0 Å². The van der Waals surface area contributed by atoms with E-state index in [9.17, 15) is 9.18 Å². The topological polar surface area (TPSA) is 57.8 Å². The van der Waals surface area contributed by atoms with E-state index >= 15 is 0 Å². The molecule has 1 aliphatic rings. The highest BCUT2D eigenvalue weighted by atomic mass is 127. The number of carbonyl (C=O) groups is 1. The molecule has 0 saturated heterocycles. The summed E-state index contributed by atoms with van der Waals surface area (Å²) in [6.07, 6.45) is 2.44.